The molecule has 3 rings (SSSR count). The number of carbonyl (C=O) groups excluding carboxylic acids is 2. The molecule has 1 unspecified atom stereocenters. The number of hydrogen-bond acceptors (Lipinski definition) is 4. The molecule has 1 N–H and O–H groups in total. The predicted molar refractivity (Wildman–Crippen MR) is 147 cm³/mol. The van der Waals surface area contributed by atoms with Crippen molar-refractivity contribution in [2.45, 2.75) is 53.1 Å². The average molecular weight is 492 g/mol. The summed E-state index contributed by atoms with van der Waals surface area (Å²) in [5.74, 6) is 0.0695. The lowest BCUT2D eigenvalue weighted by molar-refractivity contribution is -0.133. The Bertz CT molecular complexity index is 1120. The van der Waals surface area contributed by atoms with Gasteiger partial charge in [0.05, 0.1) is 12.5 Å². The normalized spacial score (nSPS) is 12.2. The molecule has 0 saturated carbocycles. The van der Waals surface area contributed by atoms with Gasteiger partial charge in [0.15, 0.2) is 0 Å². The Morgan fingerprint density at radius 3 is 2.31 bits per heavy atom. The predicted octanol–water partition coefficient (Wildman–Crippen LogP) is 6.52. The molecule has 3 aromatic rings. The van der Waals surface area contributed by atoms with E-state index in [0.717, 1.165) is 27.4 Å². The smallest absolute Gasteiger partial charge is 0.228 e. The number of nitrogens with one attached hydrogen (secondary N) is 1. The molecule has 0 aliphatic heterocycles. The maximum absolute atomic E-state index is 13.6. The summed E-state index contributed by atoms with van der Waals surface area (Å²) in [5, 5.41) is 5.05. The van der Waals surface area contributed by atoms with Crippen molar-refractivity contribution in [3.8, 4) is 0 Å². The first kappa shape index (κ1) is 26.5. The molecular formula is C29H37N3O2S. The highest BCUT2D eigenvalue weighted by molar-refractivity contribution is 7.10. The number of carbonyl (C=O) groups is 2. The summed E-state index contributed by atoms with van der Waals surface area (Å²) >= 11 is 1.60. The Morgan fingerprint density at radius 1 is 1.00 bits per heavy atom. The molecule has 2 amide bonds. The van der Waals surface area contributed by atoms with Crippen molar-refractivity contribution in [3.63, 3.8) is 0 Å². The lowest BCUT2D eigenvalue weighted by Crippen LogP contribution is -2.34. The Balaban J connectivity index is 1.93. The van der Waals surface area contributed by atoms with Crippen LogP contribution in [0, 0.1) is 5.41 Å². The van der Waals surface area contributed by atoms with Crippen molar-refractivity contribution in [1.29, 1.82) is 0 Å². The second kappa shape index (κ2) is 11.5. The van der Waals surface area contributed by atoms with Crippen LogP contribution in [-0.4, -0.2) is 30.8 Å². The summed E-state index contributed by atoms with van der Waals surface area (Å²) in [6.07, 6.45) is 0.808. The van der Waals surface area contributed by atoms with Crippen molar-refractivity contribution >= 4 is 34.5 Å². The first-order valence-electron chi connectivity index (χ1n) is 12.0. The molecule has 1 atom stereocenters. The molecule has 0 aliphatic rings. The van der Waals surface area contributed by atoms with Crippen molar-refractivity contribution in [3.05, 3.63) is 82.0 Å². The lowest BCUT2D eigenvalue weighted by Gasteiger charge is -2.31. The first-order chi connectivity index (χ1) is 16.5. The standard InChI is InChI=1S/C29H37N3O2S/c1-21(22-11-8-7-9-12-22)32(28(34)18-25-13-10-16-35-25)20-23-17-24(14-15-26(23)31(5)6)30-27(33)19-29(2,3)4/h7-17,21H,18-20H2,1-6H3,(H,30,33). The van der Waals surface area contributed by atoms with Gasteiger partial charge in [0.25, 0.3) is 0 Å². The fourth-order valence-electron chi connectivity index (χ4n) is 4.11. The van der Waals surface area contributed by atoms with Crippen molar-refractivity contribution in [2.75, 3.05) is 24.3 Å². The minimum Gasteiger partial charge on any atom is -0.377 e. The van der Waals surface area contributed by atoms with Crippen LogP contribution in [0.5, 0.6) is 0 Å². The topological polar surface area (TPSA) is 52.7 Å². The fourth-order valence-corrected chi connectivity index (χ4v) is 4.81. The van der Waals surface area contributed by atoms with Gasteiger partial charge in [-0.05, 0) is 53.1 Å². The molecule has 186 valence electrons. The minimum atomic E-state index is -0.0992. The molecule has 35 heavy (non-hydrogen) atoms. The molecule has 5 nitrogen and oxygen atoms in total. The van der Waals surface area contributed by atoms with Crippen LogP contribution >= 0.6 is 11.3 Å². The zero-order valence-corrected chi connectivity index (χ0v) is 22.5. The largest absolute Gasteiger partial charge is 0.377 e. The summed E-state index contributed by atoms with van der Waals surface area (Å²) in [7, 11) is 3.99. The number of anilines is 2. The first-order valence-corrected chi connectivity index (χ1v) is 12.9. The molecule has 6 heteroatoms. The van der Waals surface area contributed by atoms with Gasteiger partial charge in [-0.1, -0.05) is 57.2 Å². The van der Waals surface area contributed by atoms with E-state index in [1.54, 1.807) is 11.3 Å². The maximum Gasteiger partial charge on any atom is 0.228 e. The highest BCUT2D eigenvalue weighted by atomic mass is 32.1. The molecule has 0 aliphatic carbocycles. The van der Waals surface area contributed by atoms with E-state index in [-0.39, 0.29) is 23.3 Å². The third-order valence-electron chi connectivity index (χ3n) is 5.85. The molecule has 0 radical (unpaired) electrons. The van der Waals surface area contributed by atoms with Crippen LogP contribution < -0.4 is 10.2 Å². The van der Waals surface area contributed by atoms with Gasteiger partial charge in [-0.15, -0.1) is 11.3 Å². The highest BCUT2D eigenvalue weighted by Gasteiger charge is 2.24. The number of rotatable bonds is 9. The van der Waals surface area contributed by atoms with Crippen molar-refractivity contribution in [1.82, 2.24) is 4.90 Å². The second-order valence-electron chi connectivity index (χ2n) is 10.4. The average Bonchev–Trinajstić information content (AvgIpc) is 3.29. The molecule has 1 aromatic heterocycles. The van der Waals surface area contributed by atoms with E-state index in [0.29, 0.717) is 19.4 Å². The lowest BCUT2D eigenvalue weighted by atomic mass is 9.92. The molecule has 0 spiro atoms. The van der Waals surface area contributed by atoms with Gasteiger partial charge in [-0.25, -0.2) is 0 Å². The van der Waals surface area contributed by atoms with Gasteiger partial charge >= 0.3 is 0 Å². The van der Waals surface area contributed by atoms with E-state index in [9.17, 15) is 9.59 Å². The number of nitrogens with zero attached hydrogens (tertiary/aromatic N) is 2. The number of benzene rings is 2. The third kappa shape index (κ3) is 7.69. The quantitative estimate of drug-likeness (QED) is 0.371. The van der Waals surface area contributed by atoms with Crippen LogP contribution in [0.25, 0.3) is 0 Å². The summed E-state index contributed by atoms with van der Waals surface area (Å²) in [4.78, 5) is 31.2. The van der Waals surface area contributed by atoms with E-state index in [4.69, 9.17) is 0 Å². The maximum atomic E-state index is 13.6. The Morgan fingerprint density at radius 2 is 1.71 bits per heavy atom. The highest BCUT2D eigenvalue weighted by Crippen LogP contribution is 2.30. The molecule has 0 bridgehead atoms. The van der Waals surface area contributed by atoms with E-state index in [1.165, 1.54) is 0 Å². The van der Waals surface area contributed by atoms with Crippen LogP contribution in [0.4, 0.5) is 11.4 Å². The third-order valence-corrected chi connectivity index (χ3v) is 6.73. The Kier molecular flexibility index (Phi) is 8.73. The van der Waals surface area contributed by atoms with Crippen molar-refractivity contribution in [2.24, 2.45) is 5.41 Å². The van der Waals surface area contributed by atoms with Crippen LogP contribution in [0.1, 0.15) is 56.2 Å². The van der Waals surface area contributed by atoms with Gasteiger partial charge in [0, 0.05) is 43.3 Å². The van der Waals surface area contributed by atoms with Gasteiger partial charge < -0.3 is 15.1 Å². The zero-order valence-electron chi connectivity index (χ0n) is 21.7. The molecule has 0 fully saturated rings. The monoisotopic (exact) mass is 491 g/mol. The van der Waals surface area contributed by atoms with E-state index in [2.05, 4.69) is 45.1 Å². The second-order valence-corrected chi connectivity index (χ2v) is 11.4. The van der Waals surface area contributed by atoms with Crippen LogP contribution in [0.2, 0.25) is 0 Å². The van der Waals surface area contributed by atoms with E-state index >= 15 is 0 Å². The van der Waals surface area contributed by atoms with E-state index in [1.807, 2.05) is 77.8 Å². The van der Waals surface area contributed by atoms with Crippen molar-refractivity contribution < 1.29 is 9.59 Å². The van der Waals surface area contributed by atoms with Crippen LogP contribution in [-0.2, 0) is 22.6 Å². The van der Waals surface area contributed by atoms with Gasteiger partial charge in [0.1, 0.15) is 0 Å². The fraction of sp³-hybridized carbons (Fsp3) is 0.379. The minimum absolute atomic E-state index is 0.00988. The number of hydrogen-bond donors (Lipinski definition) is 1. The van der Waals surface area contributed by atoms with Gasteiger partial charge in [0.2, 0.25) is 11.8 Å². The SMILES string of the molecule is CC(c1ccccc1)N(Cc1cc(NC(=O)CC(C)(C)C)ccc1N(C)C)C(=O)Cc1cccs1. The molecule has 2 aromatic carbocycles. The van der Waals surface area contributed by atoms with E-state index < -0.39 is 0 Å². The molecular weight excluding hydrogens is 454 g/mol. The Labute approximate surface area is 213 Å². The number of amides is 2. The summed E-state index contributed by atoms with van der Waals surface area (Å²) in [5.41, 5.74) is 3.76. The zero-order chi connectivity index (χ0) is 25.6. The Hall–Kier alpha value is -3.12. The van der Waals surface area contributed by atoms with Crippen LogP contribution in [0.15, 0.2) is 66.0 Å². The van der Waals surface area contributed by atoms with Gasteiger partial charge in [-0.3, -0.25) is 9.59 Å². The molecule has 1 heterocycles. The molecule has 0 saturated heterocycles. The summed E-state index contributed by atoms with van der Waals surface area (Å²) in [6, 6.07) is 19.9. The number of thiophene rings is 1. The van der Waals surface area contributed by atoms with Crippen LogP contribution in [0.3, 0.4) is 0 Å². The summed E-state index contributed by atoms with van der Waals surface area (Å²) < 4.78 is 0. The van der Waals surface area contributed by atoms with Gasteiger partial charge in [-0.2, -0.15) is 0 Å². The summed E-state index contributed by atoms with van der Waals surface area (Å²) in [6.45, 7) is 8.67.